The van der Waals surface area contributed by atoms with E-state index in [1.165, 1.54) is 12.8 Å². The Morgan fingerprint density at radius 2 is 1.87 bits per heavy atom. The van der Waals surface area contributed by atoms with Crippen molar-refractivity contribution in [1.82, 2.24) is 4.90 Å². The van der Waals surface area contributed by atoms with E-state index >= 15 is 0 Å². The summed E-state index contributed by atoms with van der Waals surface area (Å²) in [5.74, 6) is 0.648. The van der Waals surface area contributed by atoms with Gasteiger partial charge < -0.3 is 15.1 Å². The maximum atomic E-state index is 10.2. The van der Waals surface area contributed by atoms with Gasteiger partial charge in [0, 0.05) is 13.1 Å². The van der Waals surface area contributed by atoms with Crippen LogP contribution in [0.25, 0.3) is 0 Å². The summed E-state index contributed by atoms with van der Waals surface area (Å²) in [6.45, 7) is 1.83. The molecule has 0 aromatic rings. The van der Waals surface area contributed by atoms with Crippen LogP contribution in [0.2, 0.25) is 0 Å². The highest BCUT2D eigenvalue weighted by Gasteiger charge is 2.34. The fourth-order valence-corrected chi connectivity index (χ4v) is 3.05. The Hall–Kier alpha value is -0.120. The van der Waals surface area contributed by atoms with E-state index in [-0.39, 0.29) is 6.10 Å². The molecule has 0 aromatic heterocycles. The van der Waals surface area contributed by atoms with Crippen LogP contribution in [0.5, 0.6) is 0 Å². The monoisotopic (exact) mass is 213 g/mol. The molecule has 0 atom stereocenters. The molecule has 0 saturated heterocycles. The molecular weight excluding hydrogens is 190 g/mol. The molecule has 2 rings (SSSR count). The van der Waals surface area contributed by atoms with E-state index in [4.69, 9.17) is 0 Å². The molecule has 2 N–H and O–H groups in total. The van der Waals surface area contributed by atoms with Crippen molar-refractivity contribution in [3.8, 4) is 0 Å². The molecule has 2 aliphatic rings. The fourth-order valence-electron chi connectivity index (χ4n) is 3.05. The molecule has 2 saturated carbocycles. The topological polar surface area (TPSA) is 43.7 Å². The van der Waals surface area contributed by atoms with E-state index in [1.54, 1.807) is 0 Å². The minimum Gasteiger partial charge on any atom is -0.393 e. The van der Waals surface area contributed by atoms with Gasteiger partial charge in [0.15, 0.2) is 0 Å². The summed E-state index contributed by atoms with van der Waals surface area (Å²) < 4.78 is 0. The van der Waals surface area contributed by atoms with Crippen molar-refractivity contribution in [1.29, 1.82) is 0 Å². The maximum Gasteiger partial charge on any atom is 0.0774 e. The third-order valence-electron chi connectivity index (χ3n) is 3.88. The largest absolute Gasteiger partial charge is 0.393 e. The van der Waals surface area contributed by atoms with Crippen LogP contribution in [0.3, 0.4) is 0 Å². The lowest BCUT2D eigenvalue weighted by molar-refractivity contribution is -0.00850. The van der Waals surface area contributed by atoms with Crippen LogP contribution in [0.1, 0.15) is 38.5 Å². The zero-order valence-electron chi connectivity index (χ0n) is 9.65. The second kappa shape index (κ2) is 4.40. The van der Waals surface area contributed by atoms with Crippen LogP contribution in [-0.4, -0.2) is 47.0 Å². The van der Waals surface area contributed by atoms with Crippen molar-refractivity contribution >= 4 is 0 Å². The third kappa shape index (κ3) is 2.92. The summed E-state index contributed by atoms with van der Waals surface area (Å²) in [6.07, 6.45) is 6.11. The first-order valence-corrected chi connectivity index (χ1v) is 6.16. The lowest BCUT2D eigenvalue weighted by Crippen LogP contribution is -2.44. The first-order chi connectivity index (χ1) is 7.07. The van der Waals surface area contributed by atoms with Gasteiger partial charge in [0.05, 0.1) is 11.7 Å². The van der Waals surface area contributed by atoms with Crippen molar-refractivity contribution in [3.63, 3.8) is 0 Å². The average molecular weight is 213 g/mol. The Morgan fingerprint density at radius 1 is 1.27 bits per heavy atom. The second-order valence-corrected chi connectivity index (χ2v) is 5.62. The highest BCUT2D eigenvalue weighted by molar-refractivity contribution is 4.88. The quantitative estimate of drug-likeness (QED) is 0.732. The zero-order valence-corrected chi connectivity index (χ0v) is 9.65. The number of nitrogens with zero attached hydrogens (tertiary/aromatic N) is 1. The molecule has 0 aliphatic heterocycles. The Kier molecular flexibility index (Phi) is 3.33. The minimum absolute atomic E-state index is 0.0574. The van der Waals surface area contributed by atoms with Crippen molar-refractivity contribution in [2.75, 3.05) is 20.1 Å². The summed E-state index contributed by atoms with van der Waals surface area (Å²) in [4.78, 5) is 2.24. The van der Waals surface area contributed by atoms with Crippen molar-refractivity contribution in [2.45, 2.75) is 50.2 Å². The molecule has 3 heteroatoms. The number of rotatable bonds is 4. The van der Waals surface area contributed by atoms with Crippen LogP contribution >= 0.6 is 0 Å². The van der Waals surface area contributed by atoms with Crippen molar-refractivity contribution in [2.24, 2.45) is 5.92 Å². The predicted octanol–water partition coefficient (Wildman–Crippen LogP) is 0.994. The van der Waals surface area contributed by atoms with Crippen LogP contribution < -0.4 is 0 Å². The molecular formula is C12H23NO2. The van der Waals surface area contributed by atoms with E-state index in [9.17, 15) is 10.2 Å². The molecule has 0 amide bonds. The second-order valence-electron chi connectivity index (χ2n) is 5.62. The predicted molar refractivity (Wildman–Crippen MR) is 59.6 cm³/mol. The van der Waals surface area contributed by atoms with Crippen molar-refractivity contribution < 1.29 is 10.2 Å². The Labute approximate surface area is 92.1 Å². The van der Waals surface area contributed by atoms with E-state index in [2.05, 4.69) is 11.9 Å². The van der Waals surface area contributed by atoms with Gasteiger partial charge in [0.1, 0.15) is 0 Å². The molecule has 0 radical (unpaired) electrons. The SMILES string of the molecule is CN(CC1CC(O)C1)CC1(O)CCCC1. The van der Waals surface area contributed by atoms with Gasteiger partial charge in [-0.2, -0.15) is 0 Å². The summed E-state index contributed by atoms with van der Waals surface area (Å²) in [6, 6.07) is 0. The van der Waals surface area contributed by atoms with Crippen LogP contribution in [0.15, 0.2) is 0 Å². The zero-order chi connectivity index (χ0) is 10.9. The van der Waals surface area contributed by atoms with E-state index < -0.39 is 5.60 Å². The van der Waals surface area contributed by atoms with Crippen LogP contribution in [0, 0.1) is 5.92 Å². The lowest BCUT2D eigenvalue weighted by Gasteiger charge is -2.36. The molecule has 0 heterocycles. The third-order valence-corrected chi connectivity index (χ3v) is 3.88. The first-order valence-electron chi connectivity index (χ1n) is 6.16. The number of hydrogen-bond acceptors (Lipinski definition) is 3. The highest BCUT2D eigenvalue weighted by atomic mass is 16.3. The van der Waals surface area contributed by atoms with Gasteiger partial charge in [-0.15, -0.1) is 0 Å². The van der Waals surface area contributed by atoms with Gasteiger partial charge in [-0.1, -0.05) is 12.8 Å². The molecule has 0 spiro atoms. The minimum atomic E-state index is -0.420. The molecule has 0 bridgehead atoms. The van der Waals surface area contributed by atoms with Gasteiger partial charge in [0.2, 0.25) is 0 Å². The van der Waals surface area contributed by atoms with E-state index in [1.807, 2.05) is 0 Å². The van der Waals surface area contributed by atoms with Gasteiger partial charge in [-0.05, 0) is 38.6 Å². The summed E-state index contributed by atoms with van der Waals surface area (Å²) in [5, 5.41) is 19.4. The Morgan fingerprint density at radius 3 is 2.40 bits per heavy atom. The smallest absolute Gasteiger partial charge is 0.0774 e. The number of hydrogen-bond donors (Lipinski definition) is 2. The standard InChI is InChI=1S/C12H23NO2/c1-13(8-10-6-11(14)7-10)9-12(15)4-2-3-5-12/h10-11,14-15H,2-9H2,1H3. The first kappa shape index (κ1) is 11.4. The van der Waals surface area contributed by atoms with Gasteiger partial charge in [0.25, 0.3) is 0 Å². The normalized spacial score (nSPS) is 34.4. The molecule has 88 valence electrons. The van der Waals surface area contributed by atoms with Gasteiger partial charge in [-0.3, -0.25) is 0 Å². The maximum absolute atomic E-state index is 10.2. The number of aliphatic hydroxyl groups is 2. The average Bonchev–Trinajstić information content (AvgIpc) is 2.49. The molecule has 2 fully saturated rings. The highest BCUT2D eigenvalue weighted by Crippen LogP contribution is 2.32. The fraction of sp³-hybridized carbons (Fsp3) is 1.00. The summed E-state index contributed by atoms with van der Waals surface area (Å²) in [5.41, 5.74) is -0.420. The summed E-state index contributed by atoms with van der Waals surface area (Å²) in [7, 11) is 2.08. The molecule has 3 nitrogen and oxygen atoms in total. The van der Waals surface area contributed by atoms with Gasteiger partial charge >= 0.3 is 0 Å². The molecule has 0 aromatic carbocycles. The Bertz CT molecular complexity index is 208. The number of likely N-dealkylation sites (N-methyl/N-ethyl adjacent to an activating group) is 1. The van der Waals surface area contributed by atoms with Crippen molar-refractivity contribution in [3.05, 3.63) is 0 Å². The number of aliphatic hydroxyl groups excluding tert-OH is 1. The summed E-state index contributed by atoms with van der Waals surface area (Å²) >= 11 is 0. The Balaban J connectivity index is 1.69. The molecule has 0 unspecified atom stereocenters. The molecule has 2 aliphatic carbocycles. The van der Waals surface area contributed by atoms with E-state index in [0.29, 0.717) is 5.92 Å². The lowest BCUT2D eigenvalue weighted by atomic mass is 9.82. The van der Waals surface area contributed by atoms with Crippen LogP contribution in [0.4, 0.5) is 0 Å². The van der Waals surface area contributed by atoms with E-state index in [0.717, 1.165) is 38.8 Å². The van der Waals surface area contributed by atoms with Crippen LogP contribution in [-0.2, 0) is 0 Å². The molecule has 15 heavy (non-hydrogen) atoms. The van der Waals surface area contributed by atoms with Gasteiger partial charge in [-0.25, -0.2) is 0 Å².